The molecule has 2 N–H and O–H groups in total. The molecule has 2 heteroatoms. The summed E-state index contributed by atoms with van der Waals surface area (Å²) in [4.78, 5) is 0. The molecule has 0 aromatic carbocycles. The summed E-state index contributed by atoms with van der Waals surface area (Å²) in [5.41, 5.74) is 3.46. The number of hydrogen-bond donors (Lipinski definition) is 2. The summed E-state index contributed by atoms with van der Waals surface area (Å²) < 4.78 is 0. The number of aliphatic hydroxyl groups is 2. The van der Waals surface area contributed by atoms with Gasteiger partial charge in [-0.3, -0.25) is 0 Å². The quantitative estimate of drug-likeness (QED) is 0.717. The van der Waals surface area contributed by atoms with Crippen molar-refractivity contribution in [3.63, 3.8) is 0 Å². The second-order valence-electron chi connectivity index (χ2n) is 8.98. The van der Waals surface area contributed by atoms with Crippen LogP contribution < -0.4 is 0 Å². The SMILES string of the molecule is CC1=C2CC[C@@H]3[C@@H](CC[C@]4(C)C(O)CC[C@@H]34)[C@@]2(CO)CCC1. The lowest BCUT2D eigenvalue weighted by Crippen LogP contribution is -2.53. The van der Waals surface area contributed by atoms with Gasteiger partial charge in [-0.15, -0.1) is 0 Å². The molecule has 0 spiro atoms. The van der Waals surface area contributed by atoms with Crippen molar-refractivity contribution >= 4 is 0 Å². The first-order valence-corrected chi connectivity index (χ1v) is 9.51. The topological polar surface area (TPSA) is 40.5 Å². The van der Waals surface area contributed by atoms with E-state index in [0.29, 0.717) is 18.4 Å². The van der Waals surface area contributed by atoms with Crippen molar-refractivity contribution in [1.82, 2.24) is 0 Å². The van der Waals surface area contributed by atoms with Gasteiger partial charge >= 0.3 is 0 Å². The Morgan fingerprint density at radius 3 is 2.64 bits per heavy atom. The molecule has 4 aliphatic carbocycles. The van der Waals surface area contributed by atoms with Gasteiger partial charge < -0.3 is 10.2 Å². The van der Waals surface area contributed by atoms with Crippen LogP contribution >= 0.6 is 0 Å². The Balaban J connectivity index is 1.73. The van der Waals surface area contributed by atoms with E-state index in [9.17, 15) is 10.2 Å². The Labute approximate surface area is 135 Å². The minimum absolute atomic E-state index is 0.0893. The van der Waals surface area contributed by atoms with Crippen molar-refractivity contribution in [3.8, 4) is 0 Å². The molecule has 124 valence electrons. The Bertz CT molecular complexity index is 496. The van der Waals surface area contributed by atoms with E-state index in [1.807, 2.05) is 0 Å². The molecule has 1 unspecified atom stereocenters. The predicted octanol–water partition coefficient (Wildman–Crippen LogP) is 4.06. The third-order valence-electron chi connectivity index (χ3n) is 8.40. The predicted molar refractivity (Wildman–Crippen MR) is 88.4 cm³/mol. The standard InChI is InChI=1S/C20H32O2/c1-13-4-3-10-20(12-21)15(13)6-5-14-16-7-8-18(22)19(16,2)11-9-17(14)20/h14,16-18,21-22H,3-12H2,1-2H3/t14-,16-,17+,18?,19-,20+/m0/s1. The van der Waals surface area contributed by atoms with Gasteiger partial charge in [-0.1, -0.05) is 18.1 Å². The zero-order valence-electron chi connectivity index (χ0n) is 14.3. The van der Waals surface area contributed by atoms with Gasteiger partial charge in [0.15, 0.2) is 0 Å². The van der Waals surface area contributed by atoms with Gasteiger partial charge in [0.1, 0.15) is 0 Å². The lowest BCUT2D eigenvalue weighted by molar-refractivity contribution is -0.0909. The molecule has 6 atom stereocenters. The molecule has 3 saturated carbocycles. The van der Waals surface area contributed by atoms with Crippen molar-refractivity contribution in [2.45, 2.75) is 77.7 Å². The van der Waals surface area contributed by atoms with Gasteiger partial charge in [0.05, 0.1) is 12.7 Å². The normalized spacial score (nSPS) is 51.3. The maximum absolute atomic E-state index is 10.5. The van der Waals surface area contributed by atoms with E-state index in [2.05, 4.69) is 13.8 Å². The van der Waals surface area contributed by atoms with E-state index in [1.54, 1.807) is 11.1 Å². The highest BCUT2D eigenvalue weighted by molar-refractivity contribution is 5.29. The molecule has 2 nitrogen and oxygen atoms in total. The van der Waals surface area contributed by atoms with Crippen LogP contribution in [0.25, 0.3) is 0 Å². The number of aliphatic hydroxyl groups excluding tert-OH is 2. The van der Waals surface area contributed by atoms with Crippen molar-refractivity contribution in [1.29, 1.82) is 0 Å². The molecular formula is C20H32O2. The second kappa shape index (κ2) is 5.08. The molecule has 0 aliphatic heterocycles. The van der Waals surface area contributed by atoms with Crippen LogP contribution in [0.2, 0.25) is 0 Å². The molecule has 22 heavy (non-hydrogen) atoms. The highest BCUT2D eigenvalue weighted by Gasteiger charge is 2.59. The molecule has 4 aliphatic rings. The first kappa shape index (κ1) is 15.2. The molecule has 4 rings (SSSR count). The van der Waals surface area contributed by atoms with Gasteiger partial charge in [0.2, 0.25) is 0 Å². The molecular weight excluding hydrogens is 272 g/mol. The van der Waals surface area contributed by atoms with Crippen molar-refractivity contribution in [2.24, 2.45) is 28.6 Å². The fourth-order valence-corrected chi connectivity index (χ4v) is 7.22. The van der Waals surface area contributed by atoms with E-state index < -0.39 is 0 Å². The van der Waals surface area contributed by atoms with Gasteiger partial charge in [-0.2, -0.15) is 0 Å². The third-order valence-corrected chi connectivity index (χ3v) is 8.40. The average Bonchev–Trinajstić information content (AvgIpc) is 2.83. The van der Waals surface area contributed by atoms with E-state index in [1.165, 1.54) is 44.9 Å². The van der Waals surface area contributed by atoms with Crippen molar-refractivity contribution < 1.29 is 10.2 Å². The minimum Gasteiger partial charge on any atom is -0.395 e. The first-order valence-electron chi connectivity index (χ1n) is 9.51. The summed E-state index contributed by atoms with van der Waals surface area (Å²) in [6.07, 6.45) is 10.7. The van der Waals surface area contributed by atoms with Crippen LogP contribution in [0.5, 0.6) is 0 Å². The molecule has 0 aromatic rings. The fourth-order valence-electron chi connectivity index (χ4n) is 7.22. The van der Waals surface area contributed by atoms with Crippen LogP contribution in [0.15, 0.2) is 11.1 Å². The summed E-state index contributed by atoms with van der Waals surface area (Å²) in [5.74, 6) is 2.09. The van der Waals surface area contributed by atoms with Crippen molar-refractivity contribution in [3.05, 3.63) is 11.1 Å². The first-order chi connectivity index (χ1) is 10.5. The summed E-state index contributed by atoms with van der Waals surface area (Å²) in [6, 6.07) is 0. The van der Waals surface area contributed by atoms with Crippen LogP contribution in [0.1, 0.15) is 71.6 Å². The van der Waals surface area contributed by atoms with Crippen LogP contribution in [0.3, 0.4) is 0 Å². The summed E-state index contributed by atoms with van der Waals surface area (Å²) in [5, 5.41) is 20.9. The lowest BCUT2D eigenvalue weighted by atomic mass is 9.46. The zero-order valence-corrected chi connectivity index (χ0v) is 14.3. The monoisotopic (exact) mass is 304 g/mol. The highest BCUT2D eigenvalue weighted by atomic mass is 16.3. The fraction of sp³-hybridized carbons (Fsp3) is 0.900. The smallest absolute Gasteiger partial charge is 0.0596 e. The van der Waals surface area contributed by atoms with Gasteiger partial charge in [-0.05, 0) is 87.9 Å². The average molecular weight is 304 g/mol. The van der Waals surface area contributed by atoms with Gasteiger partial charge in [0, 0.05) is 5.41 Å². The van der Waals surface area contributed by atoms with Crippen LogP contribution in [-0.4, -0.2) is 22.9 Å². The molecule has 3 fully saturated rings. The number of rotatable bonds is 1. The molecule has 0 radical (unpaired) electrons. The maximum Gasteiger partial charge on any atom is 0.0596 e. The van der Waals surface area contributed by atoms with Crippen LogP contribution in [-0.2, 0) is 0 Å². The summed E-state index contributed by atoms with van der Waals surface area (Å²) >= 11 is 0. The largest absolute Gasteiger partial charge is 0.395 e. The maximum atomic E-state index is 10.5. The Kier molecular flexibility index (Phi) is 3.51. The van der Waals surface area contributed by atoms with Gasteiger partial charge in [0.25, 0.3) is 0 Å². The molecule has 0 aromatic heterocycles. The third kappa shape index (κ3) is 1.80. The van der Waals surface area contributed by atoms with E-state index >= 15 is 0 Å². The number of allylic oxidation sites excluding steroid dienone is 1. The zero-order chi connectivity index (χ0) is 15.5. The minimum atomic E-state index is -0.0893. The highest BCUT2D eigenvalue weighted by Crippen LogP contribution is 2.65. The molecule has 0 heterocycles. The number of hydrogen-bond acceptors (Lipinski definition) is 2. The second-order valence-corrected chi connectivity index (χ2v) is 8.98. The molecule has 0 amide bonds. The van der Waals surface area contributed by atoms with Crippen molar-refractivity contribution in [2.75, 3.05) is 6.61 Å². The molecule has 0 saturated heterocycles. The summed E-state index contributed by atoms with van der Waals surface area (Å²) in [7, 11) is 0. The van der Waals surface area contributed by atoms with E-state index in [0.717, 1.165) is 18.8 Å². The van der Waals surface area contributed by atoms with E-state index in [4.69, 9.17) is 0 Å². The van der Waals surface area contributed by atoms with E-state index in [-0.39, 0.29) is 16.9 Å². The van der Waals surface area contributed by atoms with Crippen LogP contribution in [0, 0.1) is 28.6 Å². The summed E-state index contributed by atoms with van der Waals surface area (Å²) in [6.45, 7) is 5.01. The number of fused-ring (bicyclic) bond motifs is 5. The molecule has 0 bridgehead atoms. The lowest BCUT2D eigenvalue weighted by Gasteiger charge is -2.59. The Morgan fingerprint density at radius 2 is 1.86 bits per heavy atom. The Hall–Kier alpha value is -0.340. The van der Waals surface area contributed by atoms with Crippen LogP contribution in [0.4, 0.5) is 0 Å². The Morgan fingerprint density at radius 1 is 1.05 bits per heavy atom. The van der Waals surface area contributed by atoms with Gasteiger partial charge in [-0.25, -0.2) is 0 Å².